The predicted molar refractivity (Wildman–Crippen MR) is 183 cm³/mol. The highest BCUT2D eigenvalue weighted by atomic mass is 127. The molecule has 1 saturated heterocycles. The summed E-state index contributed by atoms with van der Waals surface area (Å²) in [4.78, 5) is 40.4. The van der Waals surface area contributed by atoms with Gasteiger partial charge in [0.15, 0.2) is 0 Å². The molecule has 3 aromatic carbocycles. The molecule has 226 valence electrons. The van der Waals surface area contributed by atoms with E-state index in [1.54, 1.807) is 30.3 Å². The molecule has 8 rings (SSSR count). The van der Waals surface area contributed by atoms with E-state index in [9.17, 15) is 14.4 Å². The van der Waals surface area contributed by atoms with Crippen molar-refractivity contribution in [2.75, 3.05) is 4.90 Å². The topological polar surface area (TPSA) is 75.7 Å². The van der Waals surface area contributed by atoms with E-state index in [4.69, 9.17) is 27.9 Å². The first-order chi connectivity index (χ1) is 21.1. The maximum Gasteiger partial charge on any atom is 0.335 e. The molecule has 6 nitrogen and oxygen atoms in total. The van der Waals surface area contributed by atoms with Crippen molar-refractivity contribution in [3.8, 4) is 5.75 Å². The smallest absolute Gasteiger partial charge is 0.335 e. The summed E-state index contributed by atoms with van der Waals surface area (Å²) in [6.45, 7) is 0.227. The van der Waals surface area contributed by atoms with E-state index < -0.39 is 17.8 Å². The molecule has 1 heterocycles. The van der Waals surface area contributed by atoms with Crippen molar-refractivity contribution < 1.29 is 19.1 Å². The molecule has 0 atom stereocenters. The van der Waals surface area contributed by atoms with Crippen LogP contribution in [0.15, 0.2) is 64.6 Å². The van der Waals surface area contributed by atoms with Gasteiger partial charge in [-0.15, -0.1) is 0 Å². The van der Waals surface area contributed by atoms with Gasteiger partial charge in [0.05, 0.1) is 13.7 Å². The van der Waals surface area contributed by atoms with Gasteiger partial charge in [0.2, 0.25) is 0 Å². The second kappa shape index (κ2) is 11.8. The lowest BCUT2D eigenvalue weighted by Crippen LogP contribution is -2.54. The molecule has 5 aliphatic rings. The second-order valence-corrected chi connectivity index (χ2v) is 15.4. The largest absolute Gasteiger partial charge is 0.487 e. The lowest BCUT2D eigenvalue weighted by molar-refractivity contribution is -0.122. The van der Waals surface area contributed by atoms with Crippen LogP contribution < -0.4 is 15.0 Å². The SMILES string of the molecule is O=C1NC(=O)N(c2ccc(C34CC5CC(CC(C5)C3)C4)cc2)C(=O)/C1=C/c1cc(Br)c(OCc2ccc(Cl)cc2Cl)c(I)c1. The zero-order valence-corrected chi connectivity index (χ0v) is 28.8. The van der Waals surface area contributed by atoms with E-state index >= 15 is 0 Å². The van der Waals surface area contributed by atoms with E-state index in [-0.39, 0.29) is 17.6 Å². The molecule has 0 unspecified atom stereocenters. The van der Waals surface area contributed by atoms with E-state index in [2.05, 4.69) is 56.0 Å². The van der Waals surface area contributed by atoms with E-state index in [0.29, 0.717) is 31.5 Å². The fourth-order valence-electron chi connectivity index (χ4n) is 8.08. The minimum atomic E-state index is -0.750. The van der Waals surface area contributed by atoms with Gasteiger partial charge in [0.1, 0.15) is 17.9 Å². The predicted octanol–water partition coefficient (Wildman–Crippen LogP) is 9.07. The van der Waals surface area contributed by atoms with Gasteiger partial charge in [0, 0.05) is 15.6 Å². The molecule has 4 aliphatic carbocycles. The van der Waals surface area contributed by atoms with Crippen LogP contribution in [-0.4, -0.2) is 17.8 Å². The number of ether oxygens (including phenoxy) is 1. The average molecular weight is 806 g/mol. The van der Waals surface area contributed by atoms with E-state index in [1.165, 1.54) is 50.2 Å². The normalized spacial score (nSPS) is 26.8. The Morgan fingerprint density at radius 3 is 2.23 bits per heavy atom. The highest BCUT2D eigenvalue weighted by molar-refractivity contribution is 14.1. The van der Waals surface area contributed by atoms with Crippen LogP contribution in [0.25, 0.3) is 6.08 Å². The summed E-state index contributed by atoms with van der Waals surface area (Å²) in [6.07, 6.45) is 9.29. The van der Waals surface area contributed by atoms with Crippen molar-refractivity contribution in [2.24, 2.45) is 17.8 Å². The zero-order valence-electron chi connectivity index (χ0n) is 23.5. The standard InChI is InChI=1S/C34H28BrCl2IN2O4/c35-27-11-18(12-29(38)30(27)44-17-22-1-4-24(36)13-28(22)37)10-26-31(41)39-33(43)40(32(26)42)25-5-2-23(3-6-25)34-14-19-7-20(15-34)9-21(8-19)16-34/h1-6,10-13,19-21H,7-9,14-17H2,(H,39,41,43)/b26-10+. The number of barbiturate groups is 1. The number of hydrogen-bond donors (Lipinski definition) is 1. The summed E-state index contributed by atoms with van der Waals surface area (Å²) in [5, 5.41) is 3.39. The van der Waals surface area contributed by atoms with Crippen molar-refractivity contribution in [3.63, 3.8) is 0 Å². The minimum absolute atomic E-state index is 0.126. The van der Waals surface area contributed by atoms with E-state index in [1.807, 2.05) is 12.1 Å². The number of carbonyl (C=O) groups excluding carboxylic acids is 3. The van der Waals surface area contributed by atoms with Gasteiger partial charge in [-0.2, -0.15) is 0 Å². The Morgan fingerprint density at radius 2 is 1.61 bits per heavy atom. The summed E-state index contributed by atoms with van der Waals surface area (Å²) >= 11 is 18.0. The first-order valence-electron chi connectivity index (χ1n) is 14.7. The van der Waals surface area contributed by atoms with Crippen LogP contribution >= 0.6 is 61.7 Å². The van der Waals surface area contributed by atoms with E-state index in [0.717, 1.165) is 31.8 Å². The number of halogens is 4. The first kappa shape index (κ1) is 30.3. The third-order valence-electron chi connectivity index (χ3n) is 9.60. The molecular formula is C34H28BrCl2IN2O4. The highest BCUT2D eigenvalue weighted by Gasteiger charge is 2.51. The molecule has 0 radical (unpaired) electrons. The van der Waals surface area contributed by atoms with Gasteiger partial charge in [-0.1, -0.05) is 41.4 Å². The minimum Gasteiger partial charge on any atom is -0.487 e. The third kappa shape index (κ3) is 5.60. The fourth-order valence-corrected chi connectivity index (χ4v) is 10.3. The zero-order chi connectivity index (χ0) is 30.7. The maximum absolute atomic E-state index is 13.6. The molecule has 10 heteroatoms. The number of nitrogens with zero attached hydrogens (tertiary/aromatic N) is 1. The number of amides is 4. The summed E-state index contributed by atoms with van der Waals surface area (Å²) in [5.74, 6) is 1.66. The molecule has 0 aromatic heterocycles. The highest BCUT2D eigenvalue weighted by Crippen LogP contribution is 2.60. The summed E-state index contributed by atoms with van der Waals surface area (Å²) in [6, 6.07) is 15.9. The summed E-state index contributed by atoms with van der Waals surface area (Å²) in [7, 11) is 0. The fraction of sp³-hybridized carbons (Fsp3) is 0.324. The van der Waals surface area contributed by atoms with Crippen LogP contribution in [0.1, 0.15) is 55.2 Å². The Kier molecular flexibility index (Phi) is 8.08. The number of imide groups is 2. The lowest BCUT2D eigenvalue weighted by Gasteiger charge is -2.57. The number of benzene rings is 3. The maximum atomic E-state index is 13.6. The Morgan fingerprint density at radius 1 is 0.955 bits per heavy atom. The molecular weight excluding hydrogens is 778 g/mol. The van der Waals surface area contributed by atoms with Gasteiger partial charge < -0.3 is 4.74 Å². The number of hydrogen-bond acceptors (Lipinski definition) is 4. The molecule has 44 heavy (non-hydrogen) atoms. The second-order valence-electron chi connectivity index (χ2n) is 12.5. The van der Waals surface area contributed by atoms with Gasteiger partial charge in [-0.3, -0.25) is 14.9 Å². The molecule has 1 aliphatic heterocycles. The van der Waals surface area contributed by atoms with Crippen LogP contribution in [0.2, 0.25) is 10.0 Å². The Hall–Kier alpha value is -2.40. The monoisotopic (exact) mass is 804 g/mol. The van der Waals surface area contributed by atoms with Gasteiger partial charge in [-0.25, -0.2) is 9.69 Å². The van der Waals surface area contributed by atoms with Crippen molar-refractivity contribution in [1.29, 1.82) is 0 Å². The van der Waals surface area contributed by atoms with Gasteiger partial charge in [-0.05, 0) is 154 Å². The number of rotatable bonds is 6. The summed E-state index contributed by atoms with van der Waals surface area (Å²) < 4.78 is 7.43. The van der Waals surface area contributed by atoms with Crippen LogP contribution in [0.5, 0.6) is 5.75 Å². The Labute approximate surface area is 287 Å². The molecule has 4 saturated carbocycles. The number of nitrogens with one attached hydrogen (secondary N) is 1. The molecule has 4 amide bonds. The lowest BCUT2D eigenvalue weighted by atomic mass is 9.48. The van der Waals surface area contributed by atoms with Crippen molar-refractivity contribution >= 4 is 91.3 Å². The quantitative estimate of drug-likeness (QED) is 0.153. The van der Waals surface area contributed by atoms with Crippen molar-refractivity contribution in [3.05, 3.63) is 94.9 Å². The number of anilines is 1. The molecule has 4 bridgehead atoms. The number of carbonyl (C=O) groups is 3. The molecule has 3 aromatic rings. The first-order valence-corrected chi connectivity index (χ1v) is 17.3. The Balaban J connectivity index is 1.11. The summed E-state index contributed by atoms with van der Waals surface area (Å²) in [5.41, 5.74) is 3.22. The van der Waals surface area contributed by atoms with Crippen molar-refractivity contribution in [1.82, 2.24) is 5.32 Å². The van der Waals surface area contributed by atoms with Crippen LogP contribution in [0, 0.1) is 21.3 Å². The molecule has 0 spiro atoms. The van der Waals surface area contributed by atoms with Crippen LogP contribution in [-0.2, 0) is 21.6 Å². The van der Waals surface area contributed by atoms with Crippen LogP contribution in [0.4, 0.5) is 10.5 Å². The molecule has 1 N–H and O–H groups in total. The molecule has 5 fully saturated rings. The van der Waals surface area contributed by atoms with Crippen molar-refractivity contribution in [2.45, 2.75) is 50.5 Å². The number of urea groups is 1. The van der Waals surface area contributed by atoms with Gasteiger partial charge in [0.25, 0.3) is 11.8 Å². The van der Waals surface area contributed by atoms with Gasteiger partial charge >= 0.3 is 6.03 Å². The third-order valence-corrected chi connectivity index (χ3v) is 11.6. The Bertz CT molecular complexity index is 1680. The average Bonchev–Trinajstić information content (AvgIpc) is 2.95. The van der Waals surface area contributed by atoms with Crippen LogP contribution in [0.3, 0.4) is 0 Å².